The third-order valence-corrected chi connectivity index (χ3v) is 5.39. The molecule has 4 aromatic carbocycles. The molecule has 0 saturated carbocycles. The van der Waals surface area contributed by atoms with E-state index in [1.165, 1.54) is 42.5 Å². The van der Waals surface area contributed by atoms with Gasteiger partial charge in [-0.25, -0.2) is 13.2 Å². The van der Waals surface area contributed by atoms with Crippen LogP contribution in [-0.4, -0.2) is 11.7 Å². The molecule has 0 unspecified atom stereocenters. The largest absolute Gasteiger partial charge is 0.508 e. The van der Waals surface area contributed by atoms with Gasteiger partial charge in [0.25, 0.3) is 0 Å². The van der Waals surface area contributed by atoms with Crippen LogP contribution < -0.4 is 4.74 Å². The summed E-state index contributed by atoms with van der Waals surface area (Å²) >= 11 is 0. The second kappa shape index (κ2) is 10.4. The Morgan fingerprint density at radius 3 is 1.79 bits per heavy atom. The first-order chi connectivity index (χ1) is 16.5. The van der Waals surface area contributed by atoms with Gasteiger partial charge in [0.1, 0.15) is 12.4 Å². The van der Waals surface area contributed by atoms with Gasteiger partial charge in [0, 0.05) is 17.7 Å². The van der Waals surface area contributed by atoms with E-state index in [1.807, 2.05) is 6.92 Å². The van der Waals surface area contributed by atoms with Gasteiger partial charge in [0.05, 0.1) is 6.61 Å². The van der Waals surface area contributed by atoms with Crippen molar-refractivity contribution >= 4 is 0 Å². The van der Waals surface area contributed by atoms with Crippen LogP contribution in [0.3, 0.4) is 0 Å². The van der Waals surface area contributed by atoms with E-state index in [0.717, 1.165) is 11.1 Å². The summed E-state index contributed by atoms with van der Waals surface area (Å²) in [5, 5.41) is 9.40. The fourth-order valence-corrected chi connectivity index (χ4v) is 3.55. The van der Waals surface area contributed by atoms with Crippen LogP contribution in [0, 0.1) is 17.5 Å². The highest BCUT2D eigenvalue weighted by molar-refractivity contribution is 5.72. The Morgan fingerprint density at radius 1 is 0.676 bits per heavy atom. The highest BCUT2D eigenvalue weighted by atomic mass is 19.2. The van der Waals surface area contributed by atoms with Crippen LogP contribution in [0.1, 0.15) is 18.1 Å². The lowest BCUT2D eigenvalue weighted by Crippen LogP contribution is -1.99. The van der Waals surface area contributed by atoms with Crippen molar-refractivity contribution in [3.8, 4) is 33.8 Å². The molecule has 4 rings (SSSR count). The van der Waals surface area contributed by atoms with Gasteiger partial charge >= 0.3 is 0 Å². The summed E-state index contributed by atoms with van der Waals surface area (Å²) in [4.78, 5) is 0. The first-order valence-corrected chi connectivity index (χ1v) is 10.8. The molecule has 0 amide bonds. The van der Waals surface area contributed by atoms with Gasteiger partial charge in [-0.15, -0.1) is 0 Å². The molecule has 0 radical (unpaired) electrons. The predicted octanol–water partition coefficient (Wildman–Crippen LogP) is 7.26. The van der Waals surface area contributed by atoms with Crippen LogP contribution >= 0.6 is 0 Å². The zero-order valence-corrected chi connectivity index (χ0v) is 18.5. The number of aromatic hydroxyl groups is 1. The monoisotopic (exact) mass is 464 g/mol. The van der Waals surface area contributed by atoms with Gasteiger partial charge in [-0.1, -0.05) is 54.6 Å². The number of hydrogen-bond acceptors (Lipinski definition) is 3. The number of halogens is 3. The number of phenolic OH excluding ortho intramolecular Hbond substituents is 1. The van der Waals surface area contributed by atoms with Crippen LogP contribution in [0.25, 0.3) is 22.3 Å². The van der Waals surface area contributed by atoms with Crippen LogP contribution in [0.4, 0.5) is 13.2 Å². The number of ether oxygens (including phenoxy) is 2. The Bertz CT molecular complexity index is 1270. The summed E-state index contributed by atoms with van der Waals surface area (Å²) < 4.78 is 54.7. The van der Waals surface area contributed by atoms with Gasteiger partial charge in [-0.05, 0) is 53.4 Å². The van der Waals surface area contributed by atoms with Crippen LogP contribution in [-0.2, 0) is 18.0 Å². The lowest BCUT2D eigenvalue weighted by Gasteiger charge is -2.11. The maximum absolute atomic E-state index is 14.8. The quantitative estimate of drug-likeness (QED) is 0.298. The standard InChI is InChI=1S/C28H23F3O3/c1-2-33-16-19-5-14-26(25(29)15-19)34-17-18-3-6-20(7-4-18)23-12-13-24(28(31)27(23)30)21-8-10-22(32)11-9-21/h3-15,32H,2,16-17H2,1H3. The zero-order valence-electron chi connectivity index (χ0n) is 18.5. The van der Waals surface area contributed by atoms with E-state index in [2.05, 4.69) is 0 Å². The number of phenols is 1. The molecule has 0 spiro atoms. The molecular weight excluding hydrogens is 441 g/mol. The first-order valence-electron chi connectivity index (χ1n) is 10.8. The van der Waals surface area contributed by atoms with E-state index in [4.69, 9.17) is 9.47 Å². The van der Waals surface area contributed by atoms with Crippen molar-refractivity contribution < 1.29 is 27.8 Å². The van der Waals surface area contributed by atoms with Crippen molar-refractivity contribution in [1.29, 1.82) is 0 Å². The van der Waals surface area contributed by atoms with Crippen molar-refractivity contribution in [2.75, 3.05) is 6.61 Å². The molecule has 34 heavy (non-hydrogen) atoms. The number of rotatable bonds is 8. The van der Waals surface area contributed by atoms with Crippen molar-refractivity contribution in [3.63, 3.8) is 0 Å². The lowest BCUT2D eigenvalue weighted by molar-refractivity contribution is 0.133. The molecule has 0 atom stereocenters. The van der Waals surface area contributed by atoms with E-state index in [0.29, 0.717) is 24.3 Å². The average molecular weight is 464 g/mol. The second-order valence-corrected chi connectivity index (χ2v) is 7.72. The Kier molecular flexibility index (Phi) is 7.18. The van der Waals surface area contributed by atoms with Crippen molar-refractivity contribution in [2.45, 2.75) is 20.1 Å². The van der Waals surface area contributed by atoms with Crippen LogP contribution in [0.15, 0.2) is 78.9 Å². The van der Waals surface area contributed by atoms with E-state index in [1.54, 1.807) is 36.4 Å². The molecule has 0 aromatic heterocycles. The summed E-state index contributed by atoms with van der Waals surface area (Å²) in [5.41, 5.74) is 2.68. The summed E-state index contributed by atoms with van der Waals surface area (Å²) in [6.07, 6.45) is 0. The van der Waals surface area contributed by atoms with Crippen molar-refractivity contribution in [1.82, 2.24) is 0 Å². The maximum Gasteiger partial charge on any atom is 0.167 e. The van der Waals surface area contributed by atoms with Crippen LogP contribution in [0.5, 0.6) is 11.5 Å². The Morgan fingerprint density at radius 2 is 1.24 bits per heavy atom. The average Bonchev–Trinajstić information content (AvgIpc) is 2.85. The Balaban J connectivity index is 1.46. The molecule has 1 N–H and O–H groups in total. The zero-order chi connectivity index (χ0) is 24.1. The normalized spacial score (nSPS) is 10.9. The van der Waals surface area contributed by atoms with Gasteiger partial charge in [0.2, 0.25) is 0 Å². The molecule has 3 nitrogen and oxygen atoms in total. The van der Waals surface area contributed by atoms with Gasteiger partial charge in [-0.2, -0.15) is 0 Å². The van der Waals surface area contributed by atoms with Gasteiger partial charge in [-0.3, -0.25) is 0 Å². The third kappa shape index (κ3) is 5.24. The topological polar surface area (TPSA) is 38.7 Å². The smallest absolute Gasteiger partial charge is 0.167 e. The number of hydrogen-bond donors (Lipinski definition) is 1. The molecule has 0 fully saturated rings. The fraction of sp³-hybridized carbons (Fsp3) is 0.143. The summed E-state index contributed by atoms with van der Waals surface area (Å²) in [5.74, 6) is -2.21. The SMILES string of the molecule is CCOCc1ccc(OCc2ccc(-c3ccc(-c4ccc(O)cc4)c(F)c3F)cc2)c(F)c1. The molecule has 0 saturated heterocycles. The summed E-state index contributed by atoms with van der Waals surface area (Å²) in [6, 6.07) is 20.4. The molecule has 0 aliphatic heterocycles. The van der Waals surface area contributed by atoms with E-state index < -0.39 is 17.5 Å². The molecule has 0 aliphatic rings. The number of benzene rings is 4. The highest BCUT2D eigenvalue weighted by Gasteiger charge is 2.16. The molecule has 174 valence electrons. The molecule has 0 aliphatic carbocycles. The molecule has 0 heterocycles. The Labute approximate surface area is 196 Å². The van der Waals surface area contributed by atoms with Crippen molar-refractivity contribution in [2.24, 2.45) is 0 Å². The highest BCUT2D eigenvalue weighted by Crippen LogP contribution is 2.32. The molecule has 4 aromatic rings. The van der Waals surface area contributed by atoms with Crippen molar-refractivity contribution in [3.05, 3.63) is 107 Å². The molecule has 6 heteroatoms. The van der Waals surface area contributed by atoms with E-state index >= 15 is 0 Å². The van der Waals surface area contributed by atoms with Crippen LogP contribution in [0.2, 0.25) is 0 Å². The Hall–Kier alpha value is -3.77. The predicted molar refractivity (Wildman–Crippen MR) is 125 cm³/mol. The minimum Gasteiger partial charge on any atom is -0.508 e. The minimum atomic E-state index is -0.959. The molecular formula is C28H23F3O3. The lowest BCUT2D eigenvalue weighted by atomic mass is 9.98. The van der Waals surface area contributed by atoms with E-state index in [-0.39, 0.29) is 29.2 Å². The van der Waals surface area contributed by atoms with Gasteiger partial charge in [0.15, 0.2) is 23.2 Å². The maximum atomic E-state index is 14.8. The fourth-order valence-electron chi connectivity index (χ4n) is 3.55. The summed E-state index contributed by atoms with van der Waals surface area (Å²) in [7, 11) is 0. The summed E-state index contributed by atoms with van der Waals surface area (Å²) in [6.45, 7) is 2.88. The van der Waals surface area contributed by atoms with E-state index in [9.17, 15) is 18.3 Å². The first kappa shape index (κ1) is 23.4. The minimum absolute atomic E-state index is 0.0478. The third-order valence-electron chi connectivity index (χ3n) is 5.39. The second-order valence-electron chi connectivity index (χ2n) is 7.72. The molecule has 0 bridgehead atoms. The van der Waals surface area contributed by atoms with Gasteiger partial charge < -0.3 is 14.6 Å².